The van der Waals surface area contributed by atoms with Gasteiger partial charge in [0.1, 0.15) is 0 Å². The third kappa shape index (κ3) is 3.28. The number of carbonyl (C=O) groups excluding carboxylic acids is 1. The van der Waals surface area contributed by atoms with Gasteiger partial charge in [-0.25, -0.2) is 4.98 Å². The Balaban J connectivity index is 1.59. The van der Waals surface area contributed by atoms with E-state index in [4.69, 9.17) is 4.98 Å². The van der Waals surface area contributed by atoms with E-state index in [0.717, 1.165) is 64.0 Å². The van der Waals surface area contributed by atoms with Crippen LogP contribution in [-0.4, -0.2) is 33.9 Å². The molecule has 1 aliphatic rings. The summed E-state index contributed by atoms with van der Waals surface area (Å²) in [5, 5.41) is 4.60. The Morgan fingerprint density at radius 1 is 1.17 bits per heavy atom. The van der Waals surface area contributed by atoms with Crippen molar-refractivity contribution in [3.63, 3.8) is 0 Å². The molecule has 3 heterocycles. The van der Waals surface area contributed by atoms with E-state index in [1.54, 1.807) is 0 Å². The van der Waals surface area contributed by atoms with Crippen LogP contribution in [0.4, 0.5) is 5.13 Å². The molecule has 1 aliphatic heterocycles. The number of carbonyl (C=O) groups is 1. The Labute approximate surface area is 173 Å². The number of likely N-dealkylation sites (N-methyl/N-ethyl adjacent to an activating group) is 1. The van der Waals surface area contributed by atoms with Crippen LogP contribution in [0.1, 0.15) is 34.1 Å². The number of anilines is 1. The summed E-state index contributed by atoms with van der Waals surface area (Å²) in [5.41, 5.74) is 5.80. The van der Waals surface area contributed by atoms with Gasteiger partial charge in [-0.15, -0.1) is 0 Å². The first-order valence-corrected chi connectivity index (χ1v) is 10.8. The highest BCUT2D eigenvalue weighted by Gasteiger charge is 2.25. The van der Waals surface area contributed by atoms with E-state index in [9.17, 15) is 4.79 Å². The molecule has 146 valence electrons. The molecule has 1 amide bonds. The number of hydrogen-bond donors (Lipinski definition) is 1. The number of fused-ring (bicyclic) bond motifs is 3. The first-order valence-electron chi connectivity index (χ1n) is 9.94. The van der Waals surface area contributed by atoms with Crippen LogP contribution in [0.25, 0.3) is 21.1 Å². The van der Waals surface area contributed by atoms with E-state index in [1.165, 1.54) is 16.9 Å². The number of nitrogens with one attached hydrogen (secondary N) is 1. The van der Waals surface area contributed by atoms with Crippen molar-refractivity contribution < 1.29 is 4.79 Å². The molecule has 0 aliphatic carbocycles. The number of hydrogen-bond acceptors (Lipinski definition) is 5. The molecule has 29 heavy (non-hydrogen) atoms. The molecule has 1 N–H and O–H groups in total. The molecule has 5 rings (SSSR count). The van der Waals surface area contributed by atoms with Gasteiger partial charge in [0.05, 0.1) is 21.3 Å². The lowest BCUT2D eigenvalue weighted by atomic mass is 9.95. The average Bonchev–Trinajstić information content (AvgIpc) is 3.12. The van der Waals surface area contributed by atoms with Gasteiger partial charge in [0.25, 0.3) is 5.91 Å². The van der Waals surface area contributed by atoms with Crippen molar-refractivity contribution in [3.8, 4) is 0 Å². The van der Waals surface area contributed by atoms with Gasteiger partial charge in [-0.1, -0.05) is 42.5 Å². The molecule has 0 atom stereocenters. The van der Waals surface area contributed by atoms with E-state index in [1.807, 2.05) is 36.4 Å². The monoisotopic (exact) mass is 402 g/mol. The molecule has 6 heteroatoms. The van der Waals surface area contributed by atoms with Crippen molar-refractivity contribution >= 4 is 43.5 Å². The van der Waals surface area contributed by atoms with Gasteiger partial charge in [0.15, 0.2) is 5.13 Å². The maximum Gasteiger partial charge on any atom is 0.258 e. The van der Waals surface area contributed by atoms with Crippen LogP contribution in [-0.2, 0) is 13.0 Å². The van der Waals surface area contributed by atoms with Crippen molar-refractivity contribution in [2.45, 2.75) is 26.8 Å². The molecule has 0 fully saturated rings. The number of para-hydroxylation sites is 1. The maximum absolute atomic E-state index is 13.4. The van der Waals surface area contributed by atoms with Crippen LogP contribution in [0.2, 0.25) is 0 Å². The zero-order valence-corrected chi connectivity index (χ0v) is 17.3. The van der Waals surface area contributed by atoms with Crippen molar-refractivity contribution in [2.75, 3.05) is 18.4 Å². The Morgan fingerprint density at radius 3 is 2.90 bits per heavy atom. The molecule has 4 aromatic rings. The summed E-state index contributed by atoms with van der Waals surface area (Å²) in [6.07, 6.45) is 0.870. The molecule has 0 radical (unpaired) electrons. The number of rotatable bonds is 3. The average molecular weight is 403 g/mol. The molecular formula is C23H22N4OS. The number of amides is 1. The summed E-state index contributed by atoms with van der Waals surface area (Å²) >= 11 is 1.51. The number of pyridine rings is 1. The van der Waals surface area contributed by atoms with Gasteiger partial charge in [-0.2, -0.15) is 0 Å². The highest BCUT2D eigenvalue weighted by Crippen LogP contribution is 2.31. The van der Waals surface area contributed by atoms with Crippen LogP contribution in [0.3, 0.4) is 0 Å². The fourth-order valence-corrected chi connectivity index (χ4v) is 4.98. The van der Waals surface area contributed by atoms with Gasteiger partial charge in [-0.3, -0.25) is 20.0 Å². The van der Waals surface area contributed by atoms with Crippen molar-refractivity contribution in [3.05, 3.63) is 64.8 Å². The van der Waals surface area contributed by atoms with E-state index < -0.39 is 0 Å². The molecular weight excluding hydrogens is 380 g/mol. The number of aryl methyl sites for hydroxylation is 1. The topological polar surface area (TPSA) is 58.1 Å². The lowest BCUT2D eigenvalue weighted by molar-refractivity contribution is 0.102. The van der Waals surface area contributed by atoms with E-state index in [-0.39, 0.29) is 5.91 Å². The number of benzene rings is 2. The van der Waals surface area contributed by atoms with Crippen LogP contribution in [0, 0.1) is 6.92 Å². The second-order valence-corrected chi connectivity index (χ2v) is 8.52. The van der Waals surface area contributed by atoms with Crippen LogP contribution in [0.15, 0.2) is 42.5 Å². The summed E-state index contributed by atoms with van der Waals surface area (Å²) in [4.78, 5) is 25.3. The predicted molar refractivity (Wildman–Crippen MR) is 119 cm³/mol. The first kappa shape index (κ1) is 18.2. The Hall–Kier alpha value is -2.83. The largest absolute Gasteiger partial charge is 0.299 e. The Bertz CT molecular complexity index is 1250. The molecule has 0 bridgehead atoms. The molecule has 2 aromatic carbocycles. The first-order chi connectivity index (χ1) is 14.1. The van der Waals surface area contributed by atoms with Crippen LogP contribution < -0.4 is 5.32 Å². The van der Waals surface area contributed by atoms with E-state index in [0.29, 0.717) is 5.13 Å². The SMILES string of the molecule is CCN1CCc2nc3ccccc3c(C(=O)Nc3nc4ccc(C)cc4s3)c2C1. The fraction of sp³-hybridized carbons (Fsp3) is 0.261. The summed E-state index contributed by atoms with van der Waals surface area (Å²) in [6.45, 7) is 6.91. The molecule has 0 saturated heterocycles. The number of thiazole rings is 1. The summed E-state index contributed by atoms with van der Waals surface area (Å²) < 4.78 is 1.08. The minimum Gasteiger partial charge on any atom is -0.299 e. The summed E-state index contributed by atoms with van der Waals surface area (Å²) in [6, 6.07) is 14.1. The highest BCUT2D eigenvalue weighted by atomic mass is 32.1. The van der Waals surface area contributed by atoms with Gasteiger partial charge in [0, 0.05) is 36.2 Å². The molecule has 0 saturated carbocycles. The van der Waals surface area contributed by atoms with Crippen molar-refractivity contribution in [2.24, 2.45) is 0 Å². The number of aromatic nitrogens is 2. The molecule has 5 nitrogen and oxygen atoms in total. The normalized spacial score (nSPS) is 14.3. The van der Waals surface area contributed by atoms with Gasteiger partial charge in [-0.05, 0) is 37.2 Å². The second kappa shape index (κ2) is 7.21. The Kier molecular flexibility index (Phi) is 4.53. The predicted octanol–water partition coefficient (Wildman–Crippen LogP) is 4.78. The van der Waals surface area contributed by atoms with Crippen LogP contribution in [0.5, 0.6) is 0 Å². The Morgan fingerprint density at radius 2 is 2.03 bits per heavy atom. The van der Waals surface area contributed by atoms with Crippen molar-refractivity contribution in [1.29, 1.82) is 0 Å². The van der Waals surface area contributed by atoms with Crippen molar-refractivity contribution in [1.82, 2.24) is 14.9 Å². The smallest absolute Gasteiger partial charge is 0.258 e. The number of nitrogens with zero attached hydrogens (tertiary/aromatic N) is 3. The lowest BCUT2D eigenvalue weighted by Crippen LogP contribution is -2.33. The third-order valence-corrected chi connectivity index (χ3v) is 6.50. The van der Waals surface area contributed by atoms with E-state index in [2.05, 4.69) is 35.1 Å². The second-order valence-electron chi connectivity index (χ2n) is 7.49. The quantitative estimate of drug-likeness (QED) is 0.536. The van der Waals surface area contributed by atoms with Gasteiger partial charge in [0.2, 0.25) is 0 Å². The zero-order chi connectivity index (χ0) is 20.0. The molecule has 0 spiro atoms. The third-order valence-electron chi connectivity index (χ3n) is 5.56. The highest BCUT2D eigenvalue weighted by molar-refractivity contribution is 7.22. The standard InChI is InChI=1S/C23H22N4OS/c1-3-27-11-10-18-16(13-27)21(15-6-4-5-7-17(15)24-18)22(28)26-23-25-19-9-8-14(2)12-20(19)29-23/h4-9,12H,3,10-11,13H2,1-2H3,(H,25,26,28). The van der Waals surface area contributed by atoms with E-state index >= 15 is 0 Å². The summed E-state index contributed by atoms with van der Waals surface area (Å²) in [7, 11) is 0. The fourth-order valence-electron chi connectivity index (χ4n) is 4.02. The van der Waals surface area contributed by atoms with Crippen LogP contribution >= 0.6 is 11.3 Å². The molecule has 2 aromatic heterocycles. The lowest BCUT2D eigenvalue weighted by Gasteiger charge is -2.29. The minimum absolute atomic E-state index is 0.103. The molecule has 0 unspecified atom stereocenters. The summed E-state index contributed by atoms with van der Waals surface area (Å²) in [5.74, 6) is -0.103. The van der Waals surface area contributed by atoms with Gasteiger partial charge >= 0.3 is 0 Å². The minimum atomic E-state index is -0.103. The zero-order valence-electron chi connectivity index (χ0n) is 16.5. The maximum atomic E-state index is 13.4. The van der Waals surface area contributed by atoms with Gasteiger partial charge < -0.3 is 0 Å².